The second kappa shape index (κ2) is 4.77. The lowest BCUT2D eigenvalue weighted by atomic mass is 10.2. The normalized spacial score (nSPS) is 21.8. The number of aliphatic hydroxyl groups is 1. The SMILES string of the molecule is O=S(=O)(c1cccc(C(F)(F)F)c1)N1CC[C@H](O)C1. The second-order valence-electron chi connectivity index (χ2n) is 4.33. The monoisotopic (exact) mass is 295 g/mol. The molecule has 106 valence electrons. The number of sulfonamides is 1. The number of hydrogen-bond acceptors (Lipinski definition) is 3. The zero-order valence-electron chi connectivity index (χ0n) is 9.76. The van der Waals surface area contributed by atoms with Crippen LogP contribution in [0.15, 0.2) is 29.2 Å². The predicted octanol–water partition coefficient (Wildman–Crippen LogP) is 1.46. The molecule has 1 saturated heterocycles. The third-order valence-corrected chi connectivity index (χ3v) is 4.79. The van der Waals surface area contributed by atoms with Crippen LogP contribution in [0.4, 0.5) is 13.2 Å². The standard InChI is InChI=1S/C11H12F3NO3S/c12-11(13,14)8-2-1-3-10(6-8)19(17,18)15-5-4-9(16)7-15/h1-3,6,9,16H,4-5,7H2/t9-/m0/s1. The van der Waals surface area contributed by atoms with E-state index in [0.29, 0.717) is 6.07 Å². The number of rotatable bonds is 2. The van der Waals surface area contributed by atoms with Gasteiger partial charge in [0.25, 0.3) is 0 Å². The van der Waals surface area contributed by atoms with Gasteiger partial charge in [0.1, 0.15) is 0 Å². The van der Waals surface area contributed by atoms with Crippen LogP contribution in [0.3, 0.4) is 0 Å². The maximum atomic E-state index is 12.5. The van der Waals surface area contributed by atoms with Gasteiger partial charge in [0.2, 0.25) is 10.0 Å². The molecule has 1 N–H and O–H groups in total. The molecule has 1 heterocycles. The number of β-amino-alcohol motifs (C(OH)–C–C–N with tert-alkyl or cyclic N) is 1. The van der Waals surface area contributed by atoms with Crippen LogP contribution in [0, 0.1) is 0 Å². The summed E-state index contributed by atoms with van der Waals surface area (Å²) in [5.41, 5.74) is -1.01. The highest BCUT2D eigenvalue weighted by atomic mass is 32.2. The Balaban J connectivity index is 2.36. The van der Waals surface area contributed by atoms with E-state index in [1.807, 2.05) is 0 Å². The molecule has 0 amide bonds. The summed E-state index contributed by atoms with van der Waals surface area (Å²) in [5, 5.41) is 9.31. The minimum atomic E-state index is -4.59. The Kier molecular flexibility index (Phi) is 3.59. The highest BCUT2D eigenvalue weighted by Crippen LogP contribution is 2.31. The summed E-state index contributed by atoms with van der Waals surface area (Å²) in [7, 11) is -3.98. The Morgan fingerprint density at radius 2 is 2.00 bits per heavy atom. The Hall–Kier alpha value is -1.12. The minimum Gasteiger partial charge on any atom is -0.392 e. The number of hydrogen-bond donors (Lipinski definition) is 1. The molecule has 0 spiro atoms. The van der Waals surface area contributed by atoms with Crippen molar-refractivity contribution in [2.45, 2.75) is 23.6 Å². The lowest BCUT2D eigenvalue weighted by Crippen LogP contribution is -2.29. The fourth-order valence-electron chi connectivity index (χ4n) is 1.91. The van der Waals surface area contributed by atoms with Crippen LogP contribution in [0.5, 0.6) is 0 Å². The van der Waals surface area contributed by atoms with Crippen LogP contribution in [-0.4, -0.2) is 37.0 Å². The van der Waals surface area contributed by atoms with Crippen LogP contribution in [-0.2, 0) is 16.2 Å². The van der Waals surface area contributed by atoms with E-state index in [-0.39, 0.29) is 19.5 Å². The topological polar surface area (TPSA) is 57.6 Å². The van der Waals surface area contributed by atoms with Crippen molar-refractivity contribution in [2.75, 3.05) is 13.1 Å². The lowest BCUT2D eigenvalue weighted by Gasteiger charge is -2.16. The molecule has 1 aromatic rings. The summed E-state index contributed by atoms with van der Waals surface area (Å²) in [6.07, 6.45) is -5.06. The smallest absolute Gasteiger partial charge is 0.392 e. The van der Waals surface area contributed by atoms with Gasteiger partial charge in [-0.05, 0) is 24.6 Å². The van der Waals surface area contributed by atoms with Gasteiger partial charge in [-0.15, -0.1) is 0 Å². The number of nitrogens with zero attached hydrogens (tertiary/aromatic N) is 1. The van der Waals surface area contributed by atoms with E-state index in [9.17, 15) is 26.7 Å². The van der Waals surface area contributed by atoms with Gasteiger partial charge in [-0.25, -0.2) is 8.42 Å². The van der Waals surface area contributed by atoms with Gasteiger partial charge in [0.15, 0.2) is 0 Å². The zero-order valence-corrected chi connectivity index (χ0v) is 10.6. The molecule has 1 aliphatic rings. The Morgan fingerprint density at radius 3 is 2.53 bits per heavy atom. The van der Waals surface area contributed by atoms with Crippen molar-refractivity contribution in [2.24, 2.45) is 0 Å². The van der Waals surface area contributed by atoms with Gasteiger partial charge in [0.05, 0.1) is 16.6 Å². The fraction of sp³-hybridized carbons (Fsp3) is 0.455. The number of benzene rings is 1. The molecule has 0 aliphatic carbocycles. The zero-order chi connectivity index (χ0) is 14.3. The molecule has 2 rings (SSSR count). The number of halogens is 3. The summed E-state index contributed by atoms with van der Waals surface area (Å²) in [6.45, 7) is 0.0261. The fourth-order valence-corrected chi connectivity index (χ4v) is 3.45. The first-order valence-electron chi connectivity index (χ1n) is 5.57. The average Bonchev–Trinajstić information content (AvgIpc) is 2.76. The van der Waals surface area contributed by atoms with Crippen molar-refractivity contribution >= 4 is 10.0 Å². The molecule has 0 aromatic heterocycles. The van der Waals surface area contributed by atoms with E-state index in [1.54, 1.807) is 0 Å². The molecule has 1 atom stereocenters. The van der Waals surface area contributed by atoms with Crippen molar-refractivity contribution in [3.8, 4) is 0 Å². The molecule has 1 aliphatic heterocycles. The van der Waals surface area contributed by atoms with Crippen molar-refractivity contribution in [1.82, 2.24) is 4.31 Å². The van der Waals surface area contributed by atoms with Crippen LogP contribution < -0.4 is 0 Å². The lowest BCUT2D eigenvalue weighted by molar-refractivity contribution is -0.137. The van der Waals surface area contributed by atoms with Gasteiger partial charge in [0, 0.05) is 13.1 Å². The summed E-state index contributed by atoms with van der Waals surface area (Å²) in [5.74, 6) is 0. The van der Waals surface area contributed by atoms with Crippen molar-refractivity contribution in [3.05, 3.63) is 29.8 Å². The van der Waals surface area contributed by atoms with Gasteiger partial charge in [-0.2, -0.15) is 17.5 Å². The van der Waals surface area contributed by atoms with Gasteiger partial charge in [-0.1, -0.05) is 6.07 Å². The molecule has 0 bridgehead atoms. The molecule has 0 radical (unpaired) electrons. The molecular formula is C11H12F3NO3S. The summed E-state index contributed by atoms with van der Waals surface area (Å²) < 4.78 is 62.8. The van der Waals surface area contributed by atoms with E-state index in [2.05, 4.69) is 0 Å². The average molecular weight is 295 g/mol. The molecule has 8 heteroatoms. The van der Waals surface area contributed by atoms with E-state index >= 15 is 0 Å². The van der Waals surface area contributed by atoms with E-state index < -0.39 is 32.8 Å². The Bertz CT molecular complexity index is 571. The highest BCUT2D eigenvalue weighted by Gasteiger charge is 2.35. The summed E-state index contributed by atoms with van der Waals surface area (Å²) in [6, 6.07) is 3.61. The second-order valence-corrected chi connectivity index (χ2v) is 6.27. The molecule has 1 fully saturated rings. The van der Waals surface area contributed by atoms with Crippen LogP contribution in [0.2, 0.25) is 0 Å². The van der Waals surface area contributed by atoms with E-state index in [0.717, 1.165) is 22.5 Å². The predicted molar refractivity (Wildman–Crippen MR) is 60.8 cm³/mol. The molecule has 4 nitrogen and oxygen atoms in total. The van der Waals surface area contributed by atoms with E-state index in [1.165, 1.54) is 0 Å². The minimum absolute atomic E-state index is 0.0847. The molecule has 0 unspecified atom stereocenters. The van der Waals surface area contributed by atoms with Crippen molar-refractivity contribution in [3.63, 3.8) is 0 Å². The van der Waals surface area contributed by atoms with Crippen molar-refractivity contribution < 1.29 is 26.7 Å². The maximum Gasteiger partial charge on any atom is 0.416 e. The van der Waals surface area contributed by atoms with Gasteiger partial charge >= 0.3 is 6.18 Å². The molecular weight excluding hydrogens is 283 g/mol. The molecule has 19 heavy (non-hydrogen) atoms. The maximum absolute atomic E-state index is 12.5. The van der Waals surface area contributed by atoms with Crippen LogP contribution in [0.25, 0.3) is 0 Å². The van der Waals surface area contributed by atoms with E-state index in [4.69, 9.17) is 0 Å². The number of aliphatic hydroxyl groups excluding tert-OH is 1. The Morgan fingerprint density at radius 1 is 1.32 bits per heavy atom. The van der Waals surface area contributed by atoms with Gasteiger partial charge in [-0.3, -0.25) is 0 Å². The molecule has 1 aromatic carbocycles. The largest absolute Gasteiger partial charge is 0.416 e. The quantitative estimate of drug-likeness (QED) is 0.898. The highest BCUT2D eigenvalue weighted by molar-refractivity contribution is 7.89. The first-order chi connectivity index (χ1) is 8.71. The third-order valence-electron chi connectivity index (χ3n) is 2.93. The Labute approximate surface area is 108 Å². The first kappa shape index (κ1) is 14.3. The number of alkyl halides is 3. The third kappa shape index (κ3) is 2.90. The summed E-state index contributed by atoms with van der Waals surface area (Å²) >= 11 is 0. The summed E-state index contributed by atoms with van der Waals surface area (Å²) in [4.78, 5) is -0.406. The van der Waals surface area contributed by atoms with Crippen LogP contribution >= 0.6 is 0 Å². The first-order valence-corrected chi connectivity index (χ1v) is 7.01. The van der Waals surface area contributed by atoms with Crippen molar-refractivity contribution in [1.29, 1.82) is 0 Å². The van der Waals surface area contributed by atoms with Crippen LogP contribution in [0.1, 0.15) is 12.0 Å². The molecule has 0 saturated carbocycles. The van der Waals surface area contributed by atoms with Gasteiger partial charge < -0.3 is 5.11 Å².